The molecule has 6 heteroatoms. The van der Waals surface area contributed by atoms with E-state index in [1.807, 2.05) is 0 Å². The van der Waals surface area contributed by atoms with Crippen molar-refractivity contribution in [3.05, 3.63) is 46.5 Å². The van der Waals surface area contributed by atoms with Crippen LogP contribution in [0.4, 0.5) is 0 Å². The Bertz CT molecular complexity index is 1220. The molecule has 126 valence electrons. The second-order valence-corrected chi connectivity index (χ2v) is 5.82. The lowest BCUT2D eigenvalue weighted by molar-refractivity contribution is 0.0642. The molecule has 4 amide bonds. The van der Waals surface area contributed by atoms with Gasteiger partial charge in [0, 0.05) is 58.0 Å². The number of terminal acetylenes is 1. The van der Waals surface area contributed by atoms with Gasteiger partial charge in [0.2, 0.25) is 0 Å². The number of benzene rings is 2. The molecule has 2 heterocycles. The quantitative estimate of drug-likeness (QED) is 0.528. The highest BCUT2D eigenvalue weighted by Crippen LogP contribution is 2.37. The molecule has 27 heavy (non-hydrogen) atoms. The van der Waals surface area contributed by atoms with Crippen molar-refractivity contribution in [1.29, 1.82) is 0 Å². The van der Waals surface area contributed by atoms with E-state index in [4.69, 9.17) is 6.42 Å². The van der Waals surface area contributed by atoms with E-state index < -0.39 is 23.6 Å². The van der Waals surface area contributed by atoms with Crippen LogP contribution in [0.3, 0.4) is 0 Å². The van der Waals surface area contributed by atoms with Crippen LogP contribution in [0.1, 0.15) is 41.4 Å². The fourth-order valence-corrected chi connectivity index (χ4v) is 3.25. The summed E-state index contributed by atoms with van der Waals surface area (Å²) in [5.41, 5.74) is 0.921. The molecule has 0 aromatic heterocycles. The van der Waals surface area contributed by atoms with Crippen LogP contribution in [-0.2, 0) is 0 Å². The molecule has 0 N–H and O–H groups in total. The Morgan fingerprint density at radius 2 is 1.15 bits per heavy atom. The lowest BCUT2D eigenvalue weighted by atomic mass is 9.86. The largest absolute Gasteiger partial charge is 0.277 e. The molecule has 0 spiro atoms. The van der Waals surface area contributed by atoms with E-state index >= 15 is 0 Å². The van der Waals surface area contributed by atoms with Gasteiger partial charge in [-0.05, 0) is 36.1 Å². The first-order valence-electron chi connectivity index (χ1n) is 7.74. The van der Waals surface area contributed by atoms with Crippen molar-refractivity contribution in [2.45, 2.75) is 0 Å². The maximum absolute atomic E-state index is 12.8. The zero-order chi connectivity index (χ0) is 19.3. The van der Waals surface area contributed by atoms with Gasteiger partial charge in [-0.3, -0.25) is 24.1 Å². The number of hydrogen-bond acceptors (Lipinski definition) is 4. The van der Waals surface area contributed by atoms with Crippen molar-refractivity contribution in [3.8, 4) is 36.1 Å². The van der Waals surface area contributed by atoms with Gasteiger partial charge in [0.1, 0.15) is 0 Å². The minimum absolute atomic E-state index is 0.189. The third kappa shape index (κ3) is 2.07. The maximum Gasteiger partial charge on any atom is 0.273 e. The zero-order valence-electron chi connectivity index (χ0n) is 13.9. The van der Waals surface area contributed by atoms with Crippen molar-refractivity contribution < 1.29 is 19.2 Å². The van der Waals surface area contributed by atoms with E-state index in [0.29, 0.717) is 10.8 Å². The number of carbonyl (C=O) groups is 4. The number of carbonyl (C=O) groups excluding carboxylic acids is 4. The van der Waals surface area contributed by atoms with Gasteiger partial charge in [-0.1, -0.05) is 0 Å². The van der Waals surface area contributed by atoms with Gasteiger partial charge < -0.3 is 0 Å². The summed E-state index contributed by atoms with van der Waals surface area (Å²) in [6.07, 6.45) is 5.00. The molecule has 0 bridgehead atoms. The average molecular weight is 352 g/mol. The summed E-state index contributed by atoms with van der Waals surface area (Å²) in [5.74, 6) is 6.79. The van der Waals surface area contributed by atoms with Crippen molar-refractivity contribution in [2.75, 3.05) is 7.05 Å². The van der Waals surface area contributed by atoms with Gasteiger partial charge >= 0.3 is 0 Å². The lowest BCUT2D eigenvalue weighted by Gasteiger charge is -2.28. The SMILES string of the molecule is C#CC#CC#CN1C(=O)c2ccc3c4c(ccc(c24)C1=O)C(=O)N(C)C3=O. The Kier molecular flexibility index (Phi) is 3.34. The van der Waals surface area contributed by atoms with Crippen molar-refractivity contribution >= 4 is 34.4 Å². The molecule has 0 aliphatic carbocycles. The minimum Gasteiger partial charge on any atom is -0.277 e. The molecule has 6 nitrogen and oxygen atoms in total. The summed E-state index contributed by atoms with van der Waals surface area (Å²) in [6, 6.07) is 8.28. The molecular weight excluding hydrogens is 344 g/mol. The Morgan fingerprint density at radius 1 is 0.704 bits per heavy atom. The van der Waals surface area contributed by atoms with Crippen LogP contribution in [0.25, 0.3) is 10.8 Å². The minimum atomic E-state index is -0.648. The molecule has 0 radical (unpaired) electrons. The van der Waals surface area contributed by atoms with E-state index in [1.165, 1.54) is 31.3 Å². The zero-order valence-corrected chi connectivity index (χ0v) is 13.9. The van der Waals surface area contributed by atoms with Crippen molar-refractivity contribution in [1.82, 2.24) is 9.80 Å². The first-order valence-corrected chi connectivity index (χ1v) is 7.74. The maximum atomic E-state index is 12.8. The third-order valence-electron chi connectivity index (χ3n) is 4.46. The molecule has 0 saturated heterocycles. The number of hydrogen-bond donors (Lipinski definition) is 0. The molecule has 0 atom stereocenters. The van der Waals surface area contributed by atoms with Crippen LogP contribution in [0, 0.1) is 36.1 Å². The summed E-state index contributed by atoms with van der Waals surface area (Å²) >= 11 is 0. The van der Waals surface area contributed by atoms with Gasteiger partial charge in [0.15, 0.2) is 0 Å². The number of rotatable bonds is 0. The normalized spacial score (nSPS) is 14.4. The van der Waals surface area contributed by atoms with E-state index in [0.717, 1.165) is 9.80 Å². The average Bonchev–Trinajstić information content (AvgIpc) is 2.68. The van der Waals surface area contributed by atoms with Gasteiger partial charge in [-0.2, -0.15) is 4.90 Å². The lowest BCUT2D eigenvalue weighted by Crippen LogP contribution is -2.40. The number of imide groups is 2. The fraction of sp³-hybridized carbons (Fsp3) is 0.0476. The summed E-state index contributed by atoms with van der Waals surface area (Å²) in [5, 5.41) is 0.613. The van der Waals surface area contributed by atoms with E-state index in [1.54, 1.807) is 0 Å². The van der Waals surface area contributed by atoms with Crippen LogP contribution in [-0.4, -0.2) is 40.5 Å². The monoisotopic (exact) mass is 352 g/mol. The van der Waals surface area contributed by atoms with Crippen LogP contribution in [0.5, 0.6) is 0 Å². The molecule has 0 fully saturated rings. The first-order chi connectivity index (χ1) is 13.0. The van der Waals surface area contributed by atoms with Crippen LogP contribution in [0.2, 0.25) is 0 Å². The van der Waals surface area contributed by atoms with Crippen LogP contribution >= 0.6 is 0 Å². The Morgan fingerprint density at radius 3 is 1.59 bits per heavy atom. The highest BCUT2D eigenvalue weighted by molar-refractivity contribution is 6.33. The molecular formula is C21H8N2O4. The predicted octanol–water partition coefficient (Wildman–Crippen LogP) is 1.26. The predicted molar refractivity (Wildman–Crippen MR) is 95.3 cm³/mol. The molecule has 2 aromatic carbocycles. The van der Waals surface area contributed by atoms with Crippen LogP contribution < -0.4 is 0 Å². The summed E-state index contributed by atoms with van der Waals surface area (Å²) in [6.45, 7) is 0. The molecule has 4 rings (SSSR count). The topological polar surface area (TPSA) is 74.8 Å². The molecule has 2 aliphatic heterocycles. The van der Waals surface area contributed by atoms with Crippen LogP contribution in [0.15, 0.2) is 24.3 Å². The molecule has 2 aromatic rings. The summed E-state index contributed by atoms with van der Waals surface area (Å²) < 4.78 is 0. The third-order valence-corrected chi connectivity index (χ3v) is 4.46. The van der Waals surface area contributed by atoms with Crippen molar-refractivity contribution in [2.24, 2.45) is 0 Å². The molecule has 2 aliphatic rings. The Hall–Kier alpha value is -4.34. The van der Waals surface area contributed by atoms with Gasteiger partial charge in [-0.25, -0.2) is 0 Å². The number of amides is 4. The second kappa shape index (κ2) is 5.59. The Balaban J connectivity index is 2.01. The van der Waals surface area contributed by atoms with Gasteiger partial charge in [-0.15, -0.1) is 6.42 Å². The Labute approximate surface area is 153 Å². The summed E-state index contributed by atoms with van der Waals surface area (Å²) in [4.78, 5) is 52.2. The van der Waals surface area contributed by atoms with E-state index in [9.17, 15) is 19.2 Å². The fourth-order valence-electron chi connectivity index (χ4n) is 3.25. The smallest absolute Gasteiger partial charge is 0.273 e. The molecule has 0 saturated carbocycles. The number of nitrogens with zero attached hydrogens (tertiary/aromatic N) is 2. The van der Waals surface area contributed by atoms with Crippen molar-refractivity contribution in [3.63, 3.8) is 0 Å². The molecule has 0 unspecified atom stereocenters. The highest BCUT2D eigenvalue weighted by atomic mass is 16.2. The highest BCUT2D eigenvalue weighted by Gasteiger charge is 2.38. The van der Waals surface area contributed by atoms with Gasteiger partial charge in [0.25, 0.3) is 23.6 Å². The summed E-state index contributed by atoms with van der Waals surface area (Å²) in [7, 11) is 1.39. The standard InChI is InChI=1S/C21H8N2O4/c1-3-4-5-6-11-23-20(26)14-9-7-12-16-13(19(25)22(2)18(12)24)8-10-15(17(14)16)21(23)27/h1,7-10H,2H3. The van der Waals surface area contributed by atoms with E-state index in [-0.39, 0.29) is 22.3 Å². The van der Waals surface area contributed by atoms with E-state index in [2.05, 4.69) is 29.7 Å². The second-order valence-electron chi connectivity index (χ2n) is 5.82. The van der Waals surface area contributed by atoms with Gasteiger partial charge in [0.05, 0.1) is 0 Å². The first kappa shape index (κ1) is 16.1.